The summed E-state index contributed by atoms with van der Waals surface area (Å²) in [6.07, 6.45) is 0.762. The van der Waals surface area contributed by atoms with Crippen LogP contribution in [0.1, 0.15) is 38.2 Å². The van der Waals surface area contributed by atoms with E-state index >= 15 is 0 Å². The Morgan fingerprint density at radius 1 is 1.35 bits per heavy atom. The summed E-state index contributed by atoms with van der Waals surface area (Å²) in [5.74, 6) is -0.731. The maximum atomic E-state index is 12.5. The molecule has 108 valence electrons. The summed E-state index contributed by atoms with van der Waals surface area (Å²) in [6.45, 7) is 3.57. The van der Waals surface area contributed by atoms with Crippen molar-refractivity contribution in [3.05, 3.63) is 29.8 Å². The molecule has 0 fully saturated rings. The van der Waals surface area contributed by atoms with E-state index in [2.05, 4.69) is 5.32 Å². The summed E-state index contributed by atoms with van der Waals surface area (Å²) in [7, 11) is 0. The van der Waals surface area contributed by atoms with Crippen molar-refractivity contribution in [1.29, 1.82) is 0 Å². The zero-order valence-electron chi connectivity index (χ0n) is 11.7. The van der Waals surface area contributed by atoms with E-state index in [1.807, 2.05) is 24.3 Å². The van der Waals surface area contributed by atoms with Gasteiger partial charge in [0.15, 0.2) is 0 Å². The van der Waals surface area contributed by atoms with E-state index in [-0.39, 0.29) is 11.8 Å². The number of aliphatic carboxylic acids is 1. The highest BCUT2D eigenvalue weighted by Gasteiger charge is 2.39. The third-order valence-electron chi connectivity index (χ3n) is 4.00. The third kappa shape index (κ3) is 2.54. The molecule has 1 heterocycles. The van der Waals surface area contributed by atoms with Gasteiger partial charge < -0.3 is 10.4 Å². The number of nitrogens with one attached hydrogen (secondary N) is 1. The van der Waals surface area contributed by atoms with Gasteiger partial charge in [-0.2, -0.15) is 0 Å². The second-order valence-corrected chi connectivity index (χ2v) is 6.05. The van der Waals surface area contributed by atoms with Crippen molar-refractivity contribution >= 4 is 23.6 Å². The van der Waals surface area contributed by atoms with Crippen LogP contribution in [0.15, 0.2) is 29.2 Å². The Labute approximate surface area is 123 Å². The molecule has 1 unspecified atom stereocenters. The second kappa shape index (κ2) is 5.87. The Morgan fingerprint density at radius 3 is 2.60 bits per heavy atom. The van der Waals surface area contributed by atoms with E-state index in [0.29, 0.717) is 18.6 Å². The molecule has 0 aromatic heterocycles. The van der Waals surface area contributed by atoms with Crippen LogP contribution in [-0.4, -0.2) is 28.3 Å². The highest BCUT2D eigenvalue weighted by atomic mass is 32.2. The summed E-state index contributed by atoms with van der Waals surface area (Å²) in [5, 5.41) is 12.2. The van der Waals surface area contributed by atoms with E-state index < -0.39 is 11.5 Å². The molecule has 1 amide bonds. The van der Waals surface area contributed by atoms with Gasteiger partial charge in [-0.25, -0.2) is 4.79 Å². The molecule has 2 rings (SSSR count). The van der Waals surface area contributed by atoms with Gasteiger partial charge in [0.25, 0.3) is 0 Å². The monoisotopic (exact) mass is 293 g/mol. The fraction of sp³-hybridized carbons (Fsp3) is 0.467. The molecule has 2 N–H and O–H groups in total. The predicted molar refractivity (Wildman–Crippen MR) is 79.0 cm³/mol. The molecule has 0 saturated heterocycles. The minimum atomic E-state index is -1.15. The molecule has 1 aliphatic heterocycles. The quantitative estimate of drug-likeness (QED) is 0.876. The van der Waals surface area contributed by atoms with Gasteiger partial charge in [0.1, 0.15) is 5.54 Å². The molecule has 0 aliphatic carbocycles. The van der Waals surface area contributed by atoms with Crippen LogP contribution in [0.3, 0.4) is 0 Å². The number of carboxylic acid groups (broad SMARTS) is 1. The number of hydrogen-bond acceptors (Lipinski definition) is 3. The lowest BCUT2D eigenvalue weighted by Crippen LogP contribution is -2.55. The number of hydrogen-bond donors (Lipinski definition) is 2. The lowest BCUT2D eigenvalue weighted by atomic mass is 9.91. The molecular weight excluding hydrogens is 274 g/mol. The van der Waals surface area contributed by atoms with Crippen molar-refractivity contribution in [2.24, 2.45) is 0 Å². The fourth-order valence-electron chi connectivity index (χ4n) is 2.49. The van der Waals surface area contributed by atoms with Gasteiger partial charge in [-0.1, -0.05) is 32.0 Å². The summed E-state index contributed by atoms with van der Waals surface area (Å²) >= 11 is 1.65. The van der Waals surface area contributed by atoms with Crippen LogP contribution in [0.5, 0.6) is 0 Å². The average Bonchev–Trinajstić information content (AvgIpc) is 2.88. The molecule has 4 nitrogen and oxygen atoms in total. The maximum Gasteiger partial charge on any atom is 0.329 e. The standard InChI is InChI=1S/C15H19NO3S/c1-3-15(4-2,14(18)19)16-13(17)11-9-20-12-8-6-5-7-10(11)12/h5-8,11H,3-4,9H2,1-2H3,(H,16,17)(H,18,19). The van der Waals surface area contributed by atoms with E-state index in [4.69, 9.17) is 0 Å². The van der Waals surface area contributed by atoms with Crippen molar-refractivity contribution in [3.63, 3.8) is 0 Å². The van der Waals surface area contributed by atoms with Crippen LogP contribution in [0.4, 0.5) is 0 Å². The Hall–Kier alpha value is -1.49. The van der Waals surface area contributed by atoms with Crippen LogP contribution in [-0.2, 0) is 9.59 Å². The number of carbonyl (C=O) groups is 2. The topological polar surface area (TPSA) is 66.4 Å². The van der Waals surface area contributed by atoms with Gasteiger partial charge in [0, 0.05) is 10.6 Å². The summed E-state index contributed by atoms with van der Waals surface area (Å²) < 4.78 is 0. The normalized spacial score (nSPS) is 17.6. The first-order chi connectivity index (χ1) is 9.54. The first-order valence-corrected chi connectivity index (χ1v) is 7.79. The molecule has 0 saturated carbocycles. The molecule has 0 radical (unpaired) electrons. The van der Waals surface area contributed by atoms with Crippen molar-refractivity contribution in [2.45, 2.75) is 43.0 Å². The predicted octanol–water partition coefficient (Wildman–Crippen LogP) is 2.64. The van der Waals surface area contributed by atoms with Gasteiger partial charge in [0.05, 0.1) is 5.92 Å². The number of fused-ring (bicyclic) bond motifs is 1. The van der Waals surface area contributed by atoms with Crippen molar-refractivity contribution in [3.8, 4) is 0 Å². The Balaban J connectivity index is 2.19. The Kier molecular flexibility index (Phi) is 4.38. The lowest BCUT2D eigenvalue weighted by Gasteiger charge is -2.29. The number of benzene rings is 1. The van der Waals surface area contributed by atoms with E-state index in [1.54, 1.807) is 25.6 Å². The number of carboxylic acids is 1. The summed E-state index contributed by atoms with van der Waals surface area (Å²) in [4.78, 5) is 25.0. The molecular formula is C15H19NO3S. The number of rotatable bonds is 5. The average molecular weight is 293 g/mol. The Morgan fingerprint density at radius 2 is 2.00 bits per heavy atom. The van der Waals surface area contributed by atoms with Crippen LogP contribution < -0.4 is 5.32 Å². The van der Waals surface area contributed by atoms with E-state index in [9.17, 15) is 14.7 Å². The van der Waals surface area contributed by atoms with E-state index in [0.717, 1.165) is 10.5 Å². The van der Waals surface area contributed by atoms with Crippen LogP contribution in [0.2, 0.25) is 0 Å². The highest BCUT2D eigenvalue weighted by molar-refractivity contribution is 7.99. The summed E-state index contributed by atoms with van der Waals surface area (Å²) in [5.41, 5.74) is -0.152. The minimum Gasteiger partial charge on any atom is -0.480 e. The minimum absolute atomic E-state index is 0.187. The third-order valence-corrected chi connectivity index (χ3v) is 5.18. The first-order valence-electron chi connectivity index (χ1n) is 6.81. The second-order valence-electron chi connectivity index (χ2n) is 4.99. The van der Waals surface area contributed by atoms with E-state index in [1.165, 1.54) is 0 Å². The SMILES string of the molecule is CCC(CC)(NC(=O)C1CSc2ccccc21)C(=O)O. The van der Waals surface area contributed by atoms with Gasteiger partial charge in [0.2, 0.25) is 5.91 Å². The van der Waals surface area contributed by atoms with Crippen molar-refractivity contribution in [2.75, 3.05) is 5.75 Å². The smallest absolute Gasteiger partial charge is 0.329 e. The van der Waals surface area contributed by atoms with Crippen molar-refractivity contribution in [1.82, 2.24) is 5.32 Å². The molecule has 1 aromatic rings. The van der Waals surface area contributed by atoms with Gasteiger partial charge in [-0.15, -0.1) is 11.8 Å². The molecule has 5 heteroatoms. The first kappa shape index (κ1) is 14.9. The molecule has 1 aromatic carbocycles. The van der Waals surface area contributed by atoms with Gasteiger partial charge in [-0.05, 0) is 24.5 Å². The number of amides is 1. The maximum absolute atomic E-state index is 12.5. The lowest BCUT2D eigenvalue weighted by molar-refractivity contribution is -0.148. The zero-order valence-corrected chi connectivity index (χ0v) is 12.5. The molecule has 1 atom stereocenters. The number of carbonyl (C=O) groups excluding carboxylic acids is 1. The fourth-order valence-corrected chi connectivity index (χ4v) is 3.71. The van der Waals surface area contributed by atoms with Crippen molar-refractivity contribution < 1.29 is 14.7 Å². The molecule has 1 aliphatic rings. The highest BCUT2D eigenvalue weighted by Crippen LogP contribution is 2.39. The molecule has 20 heavy (non-hydrogen) atoms. The van der Waals surface area contributed by atoms with Crippen LogP contribution >= 0.6 is 11.8 Å². The largest absolute Gasteiger partial charge is 0.480 e. The van der Waals surface area contributed by atoms with Crippen LogP contribution in [0.25, 0.3) is 0 Å². The zero-order chi connectivity index (χ0) is 14.8. The summed E-state index contributed by atoms with van der Waals surface area (Å²) in [6, 6.07) is 7.80. The Bertz CT molecular complexity index is 526. The molecule has 0 spiro atoms. The number of thioether (sulfide) groups is 1. The molecule has 0 bridgehead atoms. The van der Waals surface area contributed by atoms with Gasteiger partial charge in [-0.3, -0.25) is 4.79 Å². The van der Waals surface area contributed by atoms with Crippen LogP contribution in [0, 0.1) is 0 Å². The van der Waals surface area contributed by atoms with Gasteiger partial charge >= 0.3 is 5.97 Å².